The number of likely N-dealkylation sites (N-methyl/N-ethyl adjacent to an activating group) is 1. The van der Waals surface area contributed by atoms with Gasteiger partial charge in [0, 0.05) is 14.1 Å². The third kappa shape index (κ3) is 3.21. The van der Waals surface area contributed by atoms with E-state index in [4.69, 9.17) is 16.3 Å². The first-order valence-corrected chi connectivity index (χ1v) is 5.78. The maximum atomic E-state index is 11.6. The SMILES string of the molecule is C[C@H](OC(=O)c1ccc(Cl)s1)C(=O)N(C)C. The molecule has 6 heteroatoms. The van der Waals surface area contributed by atoms with Crippen LogP contribution in [0, 0.1) is 0 Å². The van der Waals surface area contributed by atoms with Gasteiger partial charge in [-0.25, -0.2) is 4.79 Å². The van der Waals surface area contributed by atoms with Crippen molar-refractivity contribution in [1.29, 1.82) is 0 Å². The summed E-state index contributed by atoms with van der Waals surface area (Å²) in [4.78, 5) is 24.8. The summed E-state index contributed by atoms with van der Waals surface area (Å²) < 4.78 is 5.51. The molecule has 0 spiro atoms. The highest BCUT2D eigenvalue weighted by atomic mass is 35.5. The van der Waals surface area contributed by atoms with Gasteiger partial charge in [0.2, 0.25) is 0 Å². The Morgan fingerprint density at radius 1 is 1.44 bits per heavy atom. The lowest BCUT2D eigenvalue weighted by atomic mass is 10.3. The normalized spacial score (nSPS) is 12.0. The Kier molecular flexibility index (Phi) is 4.32. The van der Waals surface area contributed by atoms with Crippen molar-refractivity contribution in [2.75, 3.05) is 14.1 Å². The average Bonchev–Trinajstić information content (AvgIpc) is 2.63. The van der Waals surface area contributed by atoms with E-state index in [-0.39, 0.29) is 5.91 Å². The van der Waals surface area contributed by atoms with Gasteiger partial charge in [0.15, 0.2) is 6.10 Å². The molecule has 0 saturated carbocycles. The summed E-state index contributed by atoms with van der Waals surface area (Å²) in [6, 6.07) is 3.18. The number of carbonyl (C=O) groups is 2. The molecule has 0 aliphatic rings. The van der Waals surface area contributed by atoms with Gasteiger partial charge in [-0.15, -0.1) is 11.3 Å². The van der Waals surface area contributed by atoms with E-state index in [0.29, 0.717) is 9.21 Å². The molecule has 0 bridgehead atoms. The van der Waals surface area contributed by atoms with Crippen molar-refractivity contribution in [3.8, 4) is 0 Å². The minimum atomic E-state index is -0.789. The van der Waals surface area contributed by atoms with Gasteiger partial charge in [0.05, 0.1) is 4.34 Å². The minimum absolute atomic E-state index is 0.254. The second kappa shape index (κ2) is 5.32. The molecule has 0 aliphatic carbocycles. The molecule has 1 heterocycles. The molecule has 0 fully saturated rings. The summed E-state index contributed by atoms with van der Waals surface area (Å²) in [5.74, 6) is -0.782. The summed E-state index contributed by atoms with van der Waals surface area (Å²) >= 11 is 6.81. The molecule has 1 aromatic heterocycles. The largest absolute Gasteiger partial charge is 0.448 e. The van der Waals surface area contributed by atoms with Crippen LogP contribution in [-0.4, -0.2) is 37.0 Å². The van der Waals surface area contributed by atoms with Crippen LogP contribution in [0.4, 0.5) is 0 Å². The first-order valence-electron chi connectivity index (χ1n) is 4.59. The Balaban J connectivity index is 2.61. The number of ether oxygens (including phenoxy) is 1. The first kappa shape index (κ1) is 13.0. The van der Waals surface area contributed by atoms with Gasteiger partial charge in [-0.2, -0.15) is 0 Å². The zero-order chi connectivity index (χ0) is 12.3. The highest BCUT2D eigenvalue weighted by Crippen LogP contribution is 2.22. The van der Waals surface area contributed by atoms with Crippen LogP contribution < -0.4 is 0 Å². The molecule has 88 valence electrons. The standard InChI is InChI=1S/C10H12ClNO3S/c1-6(9(13)12(2)3)15-10(14)7-4-5-8(11)16-7/h4-6H,1-3H3/t6-/m0/s1. The Labute approximate surface area is 103 Å². The molecule has 1 amide bonds. The number of nitrogens with zero attached hydrogens (tertiary/aromatic N) is 1. The number of hydrogen-bond acceptors (Lipinski definition) is 4. The number of rotatable bonds is 3. The van der Waals surface area contributed by atoms with Crippen LogP contribution in [0.5, 0.6) is 0 Å². The van der Waals surface area contributed by atoms with Gasteiger partial charge in [0.1, 0.15) is 4.88 Å². The van der Waals surface area contributed by atoms with E-state index in [0.717, 1.165) is 11.3 Å². The van der Waals surface area contributed by atoms with Crippen LogP contribution in [-0.2, 0) is 9.53 Å². The maximum absolute atomic E-state index is 11.6. The van der Waals surface area contributed by atoms with Gasteiger partial charge >= 0.3 is 5.97 Å². The van der Waals surface area contributed by atoms with Crippen LogP contribution in [0.3, 0.4) is 0 Å². The van der Waals surface area contributed by atoms with Crippen molar-refractivity contribution in [3.63, 3.8) is 0 Å². The van der Waals surface area contributed by atoms with Crippen molar-refractivity contribution >= 4 is 34.8 Å². The third-order valence-corrected chi connectivity index (χ3v) is 3.06. The van der Waals surface area contributed by atoms with Gasteiger partial charge in [0.25, 0.3) is 5.91 Å². The summed E-state index contributed by atoms with van der Waals surface area (Å²) in [6.07, 6.45) is -0.789. The Bertz CT molecular complexity index is 403. The average molecular weight is 262 g/mol. The smallest absolute Gasteiger partial charge is 0.349 e. The molecule has 1 rings (SSSR count). The third-order valence-electron chi connectivity index (χ3n) is 1.85. The van der Waals surface area contributed by atoms with Crippen LogP contribution >= 0.6 is 22.9 Å². The Hall–Kier alpha value is -1.07. The second-order valence-electron chi connectivity index (χ2n) is 3.38. The topological polar surface area (TPSA) is 46.6 Å². The zero-order valence-corrected chi connectivity index (χ0v) is 10.8. The lowest BCUT2D eigenvalue weighted by molar-refractivity contribution is -0.137. The predicted molar refractivity (Wildman–Crippen MR) is 62.9 cm³/mol. The van der Waals surface area contributed by atoms with Gasteiger partial charge in [-0.3, -0.25) is 4.79 Å². The number of hydrogen-bond donors (Lipinski definition) is 0. The highest BCUT2D eigenvalue weighted by molar-refractivity contribution is 7.17. The molecule has 4 nitrogen and oxygen atoms in total. The lowest BCUT2D eigenvalue weighted by Gasteiger charge is -2.16. The molecule has 16 heavy (non-hydrogen) atoms. The zero-order valence-electron chi connectivity index (χ0n) is 9.19. The monoisotopic (exact) mass is 261 g/mol. The molecule has 0 aromatic carbocycles. The molecule has 0 radical (unpaired) electrons. The molecular formula is C10H12ClNO3S. The molecule has 0 unspecified atom stereocenters. The van der Waals surface area contributed by atoms with Gasteiger partial charge in [-0.1, -0.05) is 11.6 Å². The van der Waals surface area contributed by atoms with Crippen molar-refractivity contribution in [3.05, 3.63) is 21.3 Å². The highest BCUT2D eigenvalue weighted by Gasteiger charge is 2.21. The molecule has 0 saturated heterocycles. The number of halogens is 1. The molecule has 1 aromatic rings. The van der Waals surface area contributed by atoms with Crippen LogP contribution in [0.25, 0.3) is 0 Å². The second-order valence-corrected chi connectivity index (χ2v) is 5.10. The molecule has 0 aliphatic heterocycles. The molecular weight excluding hydrogens is 250 g/mol. The number of esters is 1. The van der Waals surface area contributed by atoms with Crippen LogP contribution in [0.15, 0.2) is 12.1 Å². The van der Waals surface area contributed by atoms with E-state index >= 15 is 0 Å². The summed E-state index contributed by atoms with van der Waals surface area (Å²) in [5, 5.41) is 0. The number of amides is 1. The minimum Gasteiger partial charge on any atom is -0.448 e. The molecule has 1 atom stereocenters. The van der Waals surface area contributed by atoms with E-state index in [1.54, 1.807) is 26.2 Å². The fraction of sp³-hybridized carbons (Fsp3) is 0.400. The van der Waals surface area contributed by atoms with Crippen LogP contribution in [0.1, 0.15) is 16.6 Å². The summed E-state index contributed by atoms with van der Waals surface area (Å²) in [5.41, 5.74) is 0. The van der Waals surface area contributed by atoms with E-state index in [2.05, 4.69) is 0 Å². The van der Waals surface area contributed by atoms with E-state index in [1.807, 2.05) is 0 Å². The lowest BCUT2D eigenvalue weighted by Crippen LogP contribution is -2.34. The quantitative estimate of drug-likeness (QED) is 0.783. The van der Waals surface area contributed by atoms with Crippen molar-refractivity contribution in [2.45, 2.75) is 13.0 Å². The van der Waals surface area contributed by atoms with Crippen molar-refractivity contribution in [1.82, 2.24) is 4.90 Å². The maximum Gasteiger partial charge on any atom is 0.349 e. The summed E-state index contributed by atoms with van der Waals surface area (Å²) in [7, 11) is 3.21. The fourth-order valence-electron chi connectivity index (χ4n) is 1.06. The first-order chi connectivity index (χ1) is 7.41. The van der Waals surface area contributed by atoms with Crippen LogP contribution in [0.2, 0.25) is 4.34 Å². The Morgan fingerprint density at radius 3 is 2.50 bits per heavy atom. The number of thiophene rings is 1. The van der Waals surface area contributed by atoms with E-state index in [1.165, 1.54) is 11.8 Å². The number of carbonyl (C=O) groups excluding carboxylic acids is 2. The fourth-order valence-corrected chi connectivity index (χ4v) is 1.98. The van der Waals surface area contributed by atoms with E-state index in [9.17, 15) is 9.59 Å². The van der Waals surface area contributed by atoms with E-state index < -0.39 is 12.1 Å². The molecule has 0 N–H and O–H groups in total. The van der Waals surface area contributed by atoms with Gasteiger partial charge < -0.3 is 9.64 Å². The Morgan fingerprint density at radius 2 is 2.06 bits per heavy atom. The summed E-state index contributed by atoms with van der Waals surface area (Å²) in [6.45, 7) is 1.54. The predicted octanol–water partition coefficient (Wildman–Crippen LogP) is 2.03. The van der Waals surface area contributed by atoms with Crippen molar-refractivity contribution < 1.29 is 14.3 Å². The van der Waals surface area contributed by atoms with Gasteiger partial charge in [-0.05, 0) is 19.1 Å². The van der Waals surface area contributed by atoms with Crippen molar-refractivity contribution in [2.24, 2.45) is 0 Å².